The van der Waals surface area contributed by atoms with E-state index in [1.54, 1.807) is 0 Å². The number of rotatable bonds is 1. The molecule has 1 atom stereocenters. The summed E-state index contributed by atoms with van der Waals surface area (Å²) in [5.74, 6) is 0. The molecule has 8 heavy (non-hydrogen) atoms. The topological polar surface area (TPSA) is 3.24 Å². The van der Waals surface area contributed by atoms with Gasteiger partial charge in [0.05, 0.1) is 0 Å². The lowest BCUT2D eigenvalue weighted by atomic mass is 10.3. The van der Waals surface area contributed by atoms with Crippen molar-refractivity contribution in [1.82, 2.24) is 4.90 Å². The van der Waals surface area contributed by atoms with E-state index >= 15 is 0 Å². The van der Waals surface area contributed by atoms with Gasteiger partial charge in [0, 0.05) is 12.6 Å². The molecule has 0 fully saturated rings. The first-order chi connectivity index (χ1) is 3.84. The quantitative estimate of drug-likeness (QED) is 0.497. The van der Waals surface area contributed by atoms with E-state index in [9.17, 15) is 0 Å². The molecular weight excluding hydrogens is 98.1 g/mol. The van der Waals surface area contributed by atoms with Gasteiger partial charge < -0.3 is 4.90 Å². The maximum absolute atomic E-state index is 2.35. The van der Waals surface area contributed by atoms with Crippen molar-refractivity contribution in [1.29, 1.82) is 0 Å². The van der Waals surface area contributed by atoms with Gasteiger partial charge in [-0.05, 0) is 26.5 Å². The maximum atomic E-state index is 2.35. The van der Waals surface area contributed by atoms with Gasteiger partial charge in [0.1, 0.15) is 0 Å². The molecule has 0 aromatic rings. The molecule has 0 bridgehead atoms. The Bertz CT molecular complexity index is 96.6. The van der Waals surface area contributed by atoms with Crippen LogP contribution >= 0.6 is 0 Å². The van der Waals surface area contributed by atoms with E-state index in [-0.39, 0.29) is 0 Å². The van der Waals surface area contributed by atoms with E-state index in [1.807, 2.05) is 0 Å². The molecule has 0 saturated carbocycles. The Morgan fingerprint density at radius 3 is 2.75 bits per heavy atom. The summed E-state index contributed by atoms with van der Waals surface area (Å²) >= 11 is 0. The SMILES string of the molecule is CCN1C=CCC1C. The first-order valence-electron chi connectivity index (χ1n) is 3.27. The number of hydrogen-bond donors (Lipinski definition) is 0. The smallest absolute Gasteiger partial charge is 0.0290 e. The Labute approximate surface area is 51.0 Å². The molecule has 1 heterocycles. The summed E-state index contributed by atoms with van der Waals surface area (Å²) in [7, 11) is 0. The number of hydrogen-bond acceptors (Lipinski definition) is 1. The van der Waals surface area contributed by atoms with Crippen LogP contribution in [0.2, 0.25) is 0 Å². The molecule has 0 N–H and O–H groups in total. The molecule has 0 aliphatic carbocycles. The highest BCUT2D eigenvalue weighted by molar-refractivity contribution is 4.95. The van der Waals surface area contributed by atoms with Crippen molar-refractivity contribution in [3.8, 4) is 0 Å². The van der Waals surface area contributed by atoms with Gasteiger partial charge >= 0.3 is 0 Å². The summed E-state index contributed by atoms with van der Waals surface area (Å²) in [6.45, 7) is 5.59. The fraction of sp³-hybridized carbons (Fsp3) is 0.714. The molecule has 0 amide bonds. The monoisotopic (exact) mass is 111 g/mol. The van der Waals surface area contributed by atoms with Gasteiger partial charge in [0.15, 0.2) is 0 Å². The lowest BCUT2D eigenvalue weighted by Gasteiger charge is -2.19. The van der Waals surface area contributed by atoms with Crippen molar-refractivity contribution in [3.63, 3.8) is 0 Å². The summed E-state index contributed by atoms with van der Waals surface area (Å²) in [6, 6.07) is 0.750. The zero-order valence-electron chi connectivity index (χ0n) is 5.59. The molecule has 46 valence electrons. The summed E-state index contributed by atoms with van der Waals surface area (Å²) in [5.41, 5.74) is 0. The zero-order chi connectivity index (χ0) is 5.98. The van der Waals surface area contributed by atoms with E-state index in [1.165, 1.54) is 6.42 Å². The molecule has 1 aliphatic rings. The van der Waals surface area contributed by atoms with E-state index < -0.39 is 0 Å². The summed E-state index contributed by atoms with van der Waals surface area (Å²) < 4.78 is 0. The van der Waals surface area contributed by atoms with Crippen LogP contribution in [0, 0.1) is 0 Å². The highest BCUT2D eigenvalue weighted by Gasteiger charge is 2.09. The van der Waals surface area contributed by atoms with Crippen molar-refractivity contribution < 1.29 is 0 Å². The minimum atomic E-state index is 0.750. The normalized spacial score (nSPS) is 27.2. The predicted octanol–water partition coefficient (Wildman–Crippen LogP) is 1.61. The minimum absolute atomic E-state index is 0.750. The Kier molecular flexibility index (Phi) is 1.56. The Morgan fingerprint density at radius 2 is 2.50 bits per heavy atom. The molecule has 0 aromatic carbocycles. The van der Waals surface area contributed by atoms with Crippen molar-refractivity contribution in [2.24, 2.45) is 0 Å². The largest absolute Gasteiger partial charge is 0.375 e. The molecule has 1 unspecified atom stereocenters. The third kappa shape index (κ3) is 0.857. The van der Waals surface area contributed by atoms with Gasteiger partial charge in [0.25, 0.3) is 0 Å². The summed E-state index contributed by atoms with van der Waals surface area (Å²) in [5, 5.41) is 0. The average Bonchev–Trinajstić information content (AvgIpc) is 2.14. The van der Waals surface area contributed by atoms with Gasteiger partial charge in [-0.1, -0.05) is 6.08 Å². The molecule has 1 heteroatoms. The molecular formula is C7H13N. The molecule has 1 nitrogen and oxygen atoms in total. The van der Waals surface area contributed by atoms with Crippen LogP contribution < -0.4 is 0 Å². The highest BCUT2D eigenvalue weighted by atomic mass is 15.1. The third-order valence-electron chi connectivity index (χ3n) is 1.71. The van der Waals surface area contributed by atoms with E-state index in [2.05, 4.69) is 31.0 Å². The van der Waals surface area contributed by atoms with Crippen LogP contribution in [0.3, 0.4) is 0 Å². The predicted molar refractivity (Wildman–Crippen MR) is 35.6 cm³/mol. The highest BCUT2D eigenvalue weighted by Crippen LogP contribution is 2.11. The molecule has 0 radical (unpaired) electrons. The minimum Gasteiger partial charge on any atom is -0.375 e. The Morgan fingerprint density at radius 1 is 1.75 bits per heavy atom. The Hall–Kier alpha value is -0.460. The fourth-order valence-corrected chi connectivity index (χ4v) is 1.09. The average molecular weight is 111 g/mol. The van der Waals surface area contributed by atoms with Gasteiger partial charge in [0.2, 0.25) is 0 Å². The molecule has 1 rings (SSSR count). The first kappa shape index (κ1) is 5.67. The molecule has 0 saturated heterocycles. The van der Waals surface area contributed by atoms with Crippen LogP contribution in [-0.4, -0.2) is 17.5 Å². The molecule has 0 aromatic heterocycles. The number of nitrogens with zero attached hydrogens (tertiary/aromatic N) is 1. The van der Waals surface area contributed by atoms with Crippen LogP contribution in [-0.2, 0) is 0 Å². The maximum Gasteiger partial charge on any atom is 0.0290 e. The van der Waals surface area contributed by atoms with E-state index in [0.29, 0.717) is 0 Å². The second kappa shape index (κ2) is 2.21. The summed E-state index contributed by atoms with van der Waals surface area (Å²) in [6.07, 6.45) is 5.65. The Balaban J connectivity index is 2.41. The van der Waals surface area contributed by atoms with Gasteiger partial charge in [-0.15, -0.1) is 0 Å². The van der Waals surface area contributed by atoms with Crippen molar-refractivity contribution in [3.05, 3.63) is 12.3 Å². The first-order valence-corrected chi connectivity index (χ1v) is 3.27. The molecule has 0 spiro atoms. The van der Waals surface area contributed by atoms with Gasteiger partial charge in [-0.3, -0.25) is 0 Å². The van der Waals surface area contributed by atoms with Crippen LogP contribution in [0.15, 0.2) is 12.3 Å². The van der Waals surface area contributed by atoms with Crippen LogP contribution in [0.1, 0.15) is 20.3 Å². The zero-order valence-corrected chi connectivity index (χ0v) is 5.59. The third-order valence-corrected chi connectivity index (χ3v) is 1.71. The molecule has 1 aliphatic heterocycles. The van der Waals surface area contributed by atoms with Crippen LogP contribution in [0.5, 0.6) is 0 Å². The van der Waals surface area contributed by atoms with Crippen molar-refractivity contribution >= 4 is 0 Å². The second-order valence-electron chi connectivity index (χ2n) is 2.30. The van der Waals surface area contributed by atoms with Gasteiger partial charge in [-0.2, -0.15) is 0 Å². The van der Waals surface area contributed by atoms with Crippen LogP contribution in [0.25, 0.3) is 0 Å². The van der Waals surface area contributed by atoms with E-state index in [4.69, 9.17) is 0 Å². The second-order valence-corrected chi connectivity index (χ2v) is 2.30. The van der Waals surface area contributed by atoms with Crippen molar-refractivity contribution in [2.45, 2.75) is 26.3 Å². The van der Waals surface area contributed by atoms with E-state index in [0.717, 1.165) is 12.6 Å². The standard InChI is InChI=1S/C7H13N/c1-3-8-6-4-5-7(8)2/h4,6-7H,3,5H2,1-2H3. The lowest BCUT2D eigenvalue weighted by Crippen LogP contribution is -2.22. The summed E-state index contributed by atoms with van der Waals surface area (Å²) in [4.78, 5) is 2.35. The lowest BCUT2D eigenvalue weighted by molar-refractivity contribution is 0.334. The fourth-order valence-electron chi connectivity index (χ4n) is 1.09. The van der Waals surface area contributed by atoms with Crippen LogP contribution in [0.4, 0.5) is 0 Å². The van der Waals surface area contributed by atoms with Crippen molar-refractivity contribution in [2.75, 3.05) is 6.54 Å². The van der Waals surface area contributed by atoms with Gasteiger partial charge in [-0.25, -0.2) is 0 Å².